The van der Waals surface area contributed by atoms with E-state index >= 15 is 0 Å². The van der Waals surface area contributed by atoms with Crippen LogP contribution in [0, 0.1) is 11.3 Å². The highest BCUT2D eigenvalue weighted by molar-refractivity contribution is 5.98. The highest BCUT2D eigenvalue weighted by Gasteiger charge is 2.39. The Labute approximate surface area is 133 Å². The molecule has 2 aliphatic rings. The fraction of sp³-hybridized carbons (Fsp3) is 0.684. The van der Waals surface area contributed by atoms with Crippen molar-refractivity contribution in [2.75, 3.05) is 0 Å². The van der Waals surface area contributed by atoms with Gasteiger partial charge in [-0.25, -0.2) is 0 Å². The molecule has 3 nitrogen and oxygen atoms in total. The van der Waals surface area contributed by atoms with Gasteiger partial charge in [0.1, 0.15) is 0 Å². The Morgan fingerprint density at radius 3 is 2.59 bits per heavy atom. The van der Waals surface area contributed by atoms with Gasteiger partial charge in [0.2, 0.25) is 0 Å². The third-order valence-electron chi connectivity index (χ3n) is 5.30. The molecule has 1 fully saturated rings. The van der Waals surface area contributed by atoms with Crippen LogP contribution in [0.2, 0.25) is 0 Å². The lowest BCUT2D eigenvalue weighted by Gasteiger charge is -2.37. The predicted molar refractivity (Wildman–Crippen MR) is 87.6 cm³/mol. The summed E-state index contributed by atoms with van der Waals surface area (Å²) in [6, 6.07) is 0. The van der Waals surface area contributed by atoms with E-state index in [0.29, 0.717) is 5.92 Å². The van der Waals surface area contributed by atoms with E-state index in [9.17, 15) is 9.59 Å². The lowest BCUT2D eigenvalue weighted by molar-refractivity contribution is -0.137. The Balaban J connectivity index is 1.82. The molecule has 0 heterocycles. The van der Waals surface area contributed by atoms with Gasteiger partial charge in [-0.2, -0.15) is 0 Å². The van der Waals surface area contributed by atoms with Crippen molar-refractivity contribution in [2.24, 2.45) is 11.3 Å². The summed E-state index contributed by atoms with van der Waals surface area (Å²) < 4.78 is 0. The number of hydrogen-bond donors (Lipinski definition) is 1. The standard InChI is InChI=1S/C19H28O3/c1-19(16-9-5-3-6-10-16)13-12-15(14-17(19)20)8-4-2-7-11-18(21)22/h12-14,16H,2-11H2,1H3,(H,21,22). The molecule has 0 aliphatic heterocycles. The van der Waals surface area contributed by atoms with Crippen molar-refractivity contribution >= 4 is 11.8 Å². The number of ketones is 1. The molecule has 3 heteroatoms. The summed E-state index contributed by atoms with van der Waals surface area (Å²) in [4.78, 5) is 23.1. The van der Waals surface area contributed by atoms with Crippen molar-refractivity contribution in [1.29, 1.82) is 0 Å². The molecule has 0 bridgehead atoms. The van der Waals surface area contributed by atoms with Crippen molar-refractivity contribution in [3.8, 4) is 0 Å². The summed E-state index contributed by atoms with van der Waals surface area (Å²) in [7, 11) is 0. The molecule has 1 N–H and O–H groups in total. The molecular formula is C19H28O3. The van der Waals surface area contributed by atoms with Crippen LogP contribution in [0.25, 0.3) is 0 Å². The van der Waals surface area contributed by atoms with Crippen LogP contribution in [0.1, 0.15) is 71.1 Å². The first-order valence-corrected chi connectivity index (χ1v) is 8.68. The van der Waals surface area contributed by atoms with Gasteiger partial charge in [0.05, 0.1) is 5.41 Å². The number of carboxylic acid groups (broad SMARTS) is 1. The fourth-order valence-electron chi connectivity index (χ4n) is 3.71. The molecule has 0 spiro atoms. The second-order valence-corrected chi connectivity index (χ2v) is 6.99. The maximum atomic E-state index is 12.6. The maximum absolute atomic E-state index is 12.6. The van der Waals surface area contributed by atoms with Crippen LogP contribution in [0.5, 0.6) is 0 Å². The van der Waals surface area contributed by atoms with Gasteiger partial charge in [0, 0.05) is 6.42 Å². The van der Waals surface area contributed by atoms with Crippen LogP contribution in [-0.4, -0.2) is 16.9 Å². The minimum absolute atomic E-state index is 0.244. The zero-order valence-corrected chi connectivity index (χ0v) is 13.6. The second-order valence-electron chi connectivity index (χ2n) is 6.99. The van der Waals surface area contributed by atoms with Gasteiger partial charge < -0.3 is 5.11 Å². The number of carboxylic acids is 1. The molecule has 0 aromatic carbocycles. The summed E-state index contributed by atoms with van der Waals surface area (Å²) in [5.74, 6) is 0.0380. The summed E-state index contributed by atoms with van der Waals surface area (Å²) in [6.45, 7) is 2.10. The van der Waals surface area contributed by atoms with Crippen LogP contribution in [0.3, 0.4) is 0 Å². The molecule has 1 saturated carbocycles. The monoisotopic (exact) mass is 304 g/mol. The molecular weight excluding hydrogens is 276 g/mol. The third-order valence-corrected chi connectivity index (χ3v) is 5.30. The summed E-state index contributed by atoms with van der Waals surface area (Å²) in [5, 5.41) is 8.61. The highest BCUT2D eigenvalue weighted by atomic mass is 16.4. The average molecular weight is 304 g/mol. The topological polar surface area (TPSA) is 54.4 Å². The van der Waals surface area contributed by atoms with Gasteiger partial charge in [-0.1, -0.05) is 37.8 Å². The Kier molecular flexibility index (Phi) is 5.98. The van der Waals surface area contributed by atoms with E-state index in [1.54, 1.807) is 0 Å². The van der Waals surface area contributed by atoms with Gasteiger partial charge in [-0.05, 0) is 56.6 Å². The molecule has 2 aliphatic carbocycles. The fourth-order valence-corrected chi connectivity index (χ4v) is 3.71. The average Bonchev–Trinajstić information content (AvgIpc) is 2.51. The largest absolute Gasteiger partial charge is 0.481 e. The molecule has 1 unspecified atom stereocenters. The third kappa shape index (κ3) is 4.31. The molecule has 0 aromatic rings. The highest BCUT2D eigenvalue weighted by Crippen LogP contribution is 2.42. The van der Waals surface area contributed by atoms with Gasteiger partial charge in [0.25, 0.3) is 0 Å². The Morgan fingerprint density at radius 2 is 1.95 bits per heavy atom. The smallest absolute Gasteiger partial charge is 0.303 e. The molecule has 122 valence electrons. The van der Waals surface area contributed by atoms with E-state index in [4.69, 9.17) is 5.11 Å². The van der Waals surface area contributed by atoms with Gasteiger partial charge >= 0.3 is 5.97 Å². The molecule has 0 saturated heterocycles. The van der Waals surface area contributed by atoms with Crippen LogP contribution >= 0.6 is 0 Å². The Hall–Kier alpha value is -1.38. The summed E-state index contributed by atoms with van der Waals surface area (Å²) in [5.41, 5.74) is 0.807. The number of unbranched alkanes of at least 4 members (excludes halogenated alkanes) is 2. The van der Waals surface area contributed by atoms with Crippen molar-refractivity contribution in [1.82, 2.24) is 0 Å². The van der Waals surface area contributed by atoms with Crippen molar-refractivity contribution in [3.63, 3.8) is 0 Å². The number of rotatable bonds is 7. The van der Waals surface area contributed by atoms with Crippen molar-refractivity contribution in [3.05, 3.63) is 23.8 Å². The number of carbonyl (C=O) groups is 2. The summed E-state index contributed by atoms with van der Waals surface area (Å²) in [6.07, 6.45) is 16.0. The number of aliphatic carboxylic acids is 1. The van der Waals surface area contributed by atoms with Crippen LogP contribution in [0.15, 0.2) is 23.8 Å². The normalized spacial score (nSPS) is 26.0. The Bertz CT molecular complexity index is 469. The van der Waals surface area contributed by atoms with Gasteiger partial charge in [0.15, 0.2) is 5.78 Å². The first-order chi connectivity index (χ1) is 10.5. The maximum Gasteiger partial charge on any atom is 0.303 e. The first kappa shape index (κ1) is 17.0. The van der Waals surface area contributed by atoms with Crippen molar-refractivity contribution in [2.45, 2.75) is 71.1 Å². The zero-order chi connectivity index (χ0) is 16.0. The Morgan fingerprint density at radius 1 is 1.23 bits per heavy atom. The van der Waals surface area contributed by atoms with Crippen LogP contribution < -0.4 is 0 Å². The van der Waals surface area contributed by atoms with Gasteiger partial charge in [-0.3, -0.25) is 9.59 Å². The first-order valence-electron chi connectivity index (χ1n) is 8.68. The van der Waals surface area contributed by atoms with E-state index < -0.39 is 5.97 Å². The molecule has 1 atom stereocenters. The molecule has 22 heavy (non-hydrogen) atoms. The zero-order valence-electron chi connectivity index (χ0n) is 13.6. The molecule has 0 radical (unpaired) electrons. The predicted octanol–water partition coefficient (Wildman–Crippen LogP) is 4.67. The van der Waals surface area contributed by atoms with Crippen LogP contribution in [-0.2, 0) is 9.59 Å². The lowest BCUT2D eigenvalue weighted by Crippen LogP contribution is -2.36. The number of carbonyl (C=O) groups excluding carboxylic acids is 1. The second kappa shape index (κ2) is 7.75. The van der Waals surface area contributed by atoms with E-state index in [0.717, 1.165) is 31.3 Å². The van der Waals surface area contributed by atoms with E-state index in [1.165, 1.54) is 32.1 Å². The SMILES string of the molecule is CC1(C2CCCCC2)C=CC(CCCCCC(=O)O)=CC1=O. The quantitative estimate of drug-likeness (QED) is 0.695. The molecule has 0 amide bonds. The molecule has 0 aromatic heterocycles. The van der Waals surface area contributed by atoms with E-state index in [2.05, 4.69) is 19.1 Å². The van der Waals surface area contributed by atoms with E-state index in [-0.39, 0.29) is 17.6 Å². The van der Waals surface area contributed by atoms with Crippen molar-refractivity contribution < 1.29 is 14.7 Å². The van der Waals surface area contributed by atoms with Crippen LogP contribution in [0.4, 0.5) is 0 Å². The lowest BCUT2D eigenvalue weighted by atomic mass is 9.65. The number of allylic oxidation sites excluding steroid dienone is 4. The minimum Gasteiger partial charge on any atom is -0.481 e. The minimum atomic E-state index is -0.727. The van der Waals surface area contributed by atoms with Gasteiger partial charge in [-0.15, -0.1) is 0 Å². The summed E-state index contributed by atoms with van der Waals surface area (Å²) >= 11 is 0. The molecule has 2 rings (SSSR count). The van der Waals surface area contributed by atoms with E-state index in [1.807, 2.05) is 6.08 Å². The number of hydrogen-bond acceptors (Lipinski definition) is 2.